The van der Waals surface area contributed by atoms with E-state index in [1.807, 2.05) is 6.92 Å². The fourth-order valence-electron chi connectivity index (χ4n) is 3.66. The van der Waals surface area contributed by atoms with Crippen LogP contribution in [0.4, 0.5) is 10.5 Å². The number of carbonyl (C=O) groups excluding carboxylic acids is 3. The molecule has 27 heavy (non-hydrogen) atoms. The second-order valence-electron chi connectivity index (χ2n) is 6.84. The number of carbonyl (C=O) groups is 4. The van der Waals surface area contributed by atoms with Crippen LogP contribution in [0.1, 0.15) is 54.9 Å². The lowest BCUT2D eigenvalue weighted by Gasteiger charge is -2.29. The van der Waals surface area contributed by atoms with E-state index < -0.39 is 18.0 Å². The predicted octanol–water partition coefficient (Wildman–Crippen LogP) is 2.12. The molecule has 3 rings (SSSR count). The smallest absolute Gasteiger partial charge is 0.411 e. The molecule has 2 aliphatic rings. The molecule has 0 spiro atoms. The highest BCUT2D eigenvalue weighted by Crippen LogP contribution is 2.34. The van der Waals surface area contributed by atoms with E-state index in [2.05, 4.69) is 5.32 Å². The maximum absolute atomic E-state index is 12.8. The Kier molecular flexibility index (Phi) is 5.43. The Morgan fingerprint density at radius 1 is 1.30 bits per heavy atom. The van der Waals surface area contributed by atoms with Gasteiger partial charge >= 0.3 is 6.09 Å². The fraction of sp³-hybridized carbons (Fsp3) is 0.474. The summed E-state index contributed by atoms with van der Waals surface area (Å²) in [5, 5.41) is 11.9. The Balaban J connectivity index is 1.87. The quantitative estimate of drug-likeness (QED) is 0.587. The Bertz CT molecular complexity index is 792. The van der Waals surface area contributed by atoms with Gasteiger partial charge in [0.15, 0.2) is 0 Å². The zero-order valence-corrected chi connectivity index (χ0v) is 15.2. The summed E-state index contributed by atoms with van der Waals surface area (Å²) in [6.45, 7) is 2.56. The van der Waals surface area contributed by atoms with Gasteiger partial charge in [0.1, 0.15) is 6.04 Å². The van der Waals surface area contributed by atoms with Crippen LogP contribution in [0.2, 0.25) is 0 Å². The maximum Gasteiger partial charge on any atom is 0.411 e. The number of rotatable bonds is 6. The van der Waals surface area contributed by atoms with Crippen molar-refractivity contribution in [1.29, 1.82) is 0 Å². The van der Waals surface area contributed by atoms with Crippen LogP contribution in [0.15, 0.2) is 18.2 Å². The van der Waals surface area contributed by atoms with Gasteiger partial charge in [0, 0.05) is 30.6 Å². The van der Waals surface area contributed by atoms with Gasteiger partial charge in [0.2, 0.25) is 11.8 Å². The minimum absolute atomic E-state index is 0.161. The van der Waals surface area contributed by atoms with Crippen molar-refractivity contribution in [3.05, 3.63) is 29.3 Å². The molecule has 1 aromatic carbocycles. The zero-order chi connectivity index (χ0) is 19.6. The SMILES string of the molecule is CCCCCN(C(=O)O)c1cccc2c1CN(C1CCC(=O)NC1=O)C2=O. The van der Waals surface area contributed by atoms with Crippen molar-refractivity contribution < 1.29 is 24.3 Å². The van der Waals surface area contributed by atoms with Crippen LogP contribution in [0.5, 0.6) is 0 Å². The van der Waals surface area contributed by atoms with Crippen molar-refractivity contribution in [2.75, 3.05) is 11.4 Å². The van der Waals surface area contributed by atoms with Gasteiger partial charge in [-0.25, -0.2) is 4.79 Å². The molecule has 8 nitrogen and oxygen atoms in total. The number of amides is 4. The molecule has 0 radical (unpaired) electrons. The number of piperidine rings is 1. The molecule has 4 amide bonds. The van der Waals surface area contributed by atoms with Gasteiger partial charge in [0.25, 0.3) is 5.91 Å². The summed E-state index contributed by atoms with van der Waals surface area (Å²) >= 11 is 0. The van der Waals surface area contributed by atoms with Gasteiger partial charge < -0.3 is 10.0 Å². The molecular weight excluding hydrogens is 350 g/mol. The van der Waals surface area contributed by atoms with Crippen molar-refractivity contribution >= 4 is 29.5 Å². The molecule has 1 saturated heterocycles. The molecule has 1 fully saturated rings. The summed E-state index contributed by atoms with van der Waals surface area (Å²) in [6, 6.07) is 4.29. The van der Waals surface area contributed by atoms with Crippen LogP contribution in [-0.2, 0) is 16.1 Å². The number of nitrogens with one attached hydrogen (secondary N) is 1. The van der Waals surface area contributed by atoms with Gasteiger partial charge in [-0.2, -0.15) is 0 Å². The summed E-state index contributed by atoms with van der Waals surface area (Å²) < 4.78 is 0. The van der Waals surface area contributed by atoms with Gasteiger partial charge in [0.05, 0.1) is 5.69 Å². The minimum Gasteiger partial charge on any atom is -0.465 e. The summed E-state index contributed by atoms with van der Waals surface area (Å²) in [7, 11) is 0. The molecule has 1 unspecified atom stereocenters. The van der Waals surface area contributed by atoms with Gasteiger partial charge in [-0.1, -0.05) is 25.8 Å². The minimum atomic E-state index is -1.06. The molecule has 0 bridgehead atoms. The lowest BCUT2D eigenvalue weighted by atomic mass is 10.0. The van der Waals surface area contributed by atoms with E-state index >= 15 is 0 Å². The van der Waals surface area contributed by atoms with E-state index in [1.54, 1.807) is 18.2 Å². The van der Waals surface area contributed by atoms with E-state index in [9.17, 15) is 24.3 Å². The molecule has 144 valence electrons. The van der Waals surface area contributed by atoms with Crippen LogP contribution in [0, 0.1) is 0 Å². The number of carboxylic acid groups (broad SMARTS) is 1. The molecule has 0 aromatic heterocycles. The average molecular weight is 373 g/mol. The van der Waals surface area contributed by atoms with Gasteiger partial charge in [-0.3, -0.25) is 24.6 Å². The first-order chi connectivity index (χ1) is 12.9. The van der Waals surface area contributed by atoms with Crippen LogP contribution < -0.4 is 10.2 Å². The highest BCUT2D eigenvalue weighted by atomic mass is 16.4. The largest absolute Gasteiger partial charge is 0.465 e. The predicted molar refractivity (Wildman–Crippen MR) is 97.4 cm³/mol. The van der Waals surface area contributed by atoms with E-state index in [0.717, 1.165) is 19.3 Å². The highest BCUT2D eigenvalue weighted by Gasteiger charge is 2.40. The second kappa shape index (κ2) is 7.77. The molecule has 1 atom stereocenters. The van der Waals surface area contributed by atoms with E-state index in [0.29, 0.717) is 23.4 Å². The Labute approximate surface area is 157 Å². The molecule has 2 N–H and O–H groups in total. The average Bonchev–Trinajstić information content (AvgIpc) is 2.96. The van der Waals surface area contributed by atoms with Crippen LogP contribution >= 0.6 is 0 Å². The number of hydrogen-bond donors (Lipinski definition) is 2. The normalized spacial score (nSPS) is 19.1. The molecule has 0 saturated carbocycles. The van der Waals surface area contributed by atoms with Gasteiger partial charge in [-0.05, 0) is 25.0 Å². The van der Waals surface area contributed by atoms with Gasteiger partial charge in [-0.15, -0.1) is 0 Å². The first-order valence-corrected chi connectivity index (χ1v) is 9.21. The van der Waals surface area contributed by atoms with Crippen molar-refractivity contribution in [3.63, 3.8) is 0 Å². The van der Waals surface area contributed by atoms with E-state index in [1.165, 1.54) is 9.80 Å². The van der Waals surface area contributed by atoms with Crippen molar-refractivity contribution in [3.8, 4) is 0 Å². The van der Waals surface area contributed by atoms with E-state index in [-0.39, 0.29) is 31.2 Å². The lowest BCUT2D eigenvalue weighted by molar-refractivity contribution is -0.136. The van der Waals surface area contributed by atoms with Crippen LogP contribution in [-0.4, -0.2) is 46.4 Å². The summed E-state index contributed by atoms with van der Waals surface area (Å²) in [6.07, 6.45) is 2.02. The topological polar surface area (TPSA) is 107 Å². The first-order valence-electron chi connectivity index (χ1n) is 9.21. The molecule has 0 aliphatic carbocycles. The molecule has 2 aliphatic heterocycles. The number of hydrogen-bond acceptors (Lipinski definition) is 4. The van der Waals surface area contributed by atoms with Crippen LogP contribution in [0.25, 0.3) is 0 Å². The second-order valence-corrected chi connectivity index (χ2v) is 6.84. The monoisotopic (exact) mass is 373 g/mol. The summed E-state index contributed by atoms with van der Waals surface area (Å²) in [5.74, 6) is -1.12. The molecule has 8 heteroatoms. The summed E-state index contributed by atoms with van der Waals surface area (Å²) in [4.78, 5) is 50.8. The standard InChI is InChI=1S/C19H23N3O5/c1-2-3-4-10-21(19(26)27)14-7-5-6-12-13(14)11-22(18(12)25)15-8-9-16(23)20-17(15)24/h5-7,15H,2-4,8-11H2,1H3,(H,26,27)(H,20,23,24). The Morgan fingerprint density at radius 2 is 2.07 bits per heavy atom. The fourth-order valence-corrected chi connectivity index (χ4v) is 3.66. The lowest BCUT2D eigenvalue weighted by Crippen LogP contribution is -2.52. The van der Waals surface area contributed by atoms with Crippen molar-refractivity contribution in [1.82, 2.24) is 10.2 Å². The maximum atomic E-state index is 12.8. The number of nitrogens with zero attached hydrogens (tertiary/aromatic N) is 2. The molecule has 2 heterocycles. The Hall–Kier alpha value is -2.90. The van der Waals surface area contributed by atoms with Crippen molar-refractivity contribution in [2.45, 2.75) is 51.6 Å². The number of fused-ring (bicyclic) bond motifs is 1. The number of unbranched alkanes of at least 4 members (excludes halogenated alkanes) is 2. The van der Waals surface area contributed by atoms with Crippen molar-refractivity contribution in [2.24, 2.45) is 0 Å². The highest BCUT2D eigenvalue weighted by molar-refractivity contribution is 6.06. The number of imide groups is 1. The number of anilines is 1. The molecule has 1 aromatic rings. The third-order valence-corrected chi connectivity index (χ3v) is 5.06. The van der Waals surface area contributed by atoms with E-state index in [4.69, 9.17) is 0 Å². The third-order valence-electron chi connectivity index (χ3n) is 5.06. The number of benzene rings is 1. The Morgan fingerprint density at radius 3 is 2.74 bits per heavy atom. The third kappa shape index (κ3) is 3.65. The molecular formula is C19H23N3O5. The zero-order valence-electron chi connectivity index (χ0n) is 15.2. The van der Waals surface area contributed by atoms with Crippen LogP contribution in [0.3, 0.4) is 0 Å². The first kappa shape index (κ1) is 18.9. The summed E-state index contributed by atoms with van der Waals surface area (Å²) in [5.41, 5.74) is 1.52.